The highest BCUT2D eigenvalue weighted by Crippen LogP contribution is 2.05. The summed E-state index contributed by atoms with van der Waals surface area (Å²) in [6.07, 6.45) is 1.06. The first-order chi connectivity index (χ1) is 5.02. The van der Waals surface area contributed by atoms with E-state index in [4.69, 9.17) is 5.11 Å². The third-order valence-corrected chi connectivity index (χ3v) is 1.55. The van der Waals surface area contributed by atoms with Crippen LogP contribution in [0.3, 0.4) is 0 Å². The summed E-state index contributed by atoms with van der Waals surface area (Å²) in [6, 6.07) is 0.0786. The van der Waals surface area contributed by atoms with Crippen LogP contribution in [0.4, 0.5) is 4.79 Å². The van der Waals surface area contributed by atoms with E-state index in [1.54, 1.807) is 0 Å². The molecule has 0 saturated heterocycles. The Morgan fingerprint density at radius 3 is 2.27 bits per heavy atom. The number of nitrogens with one attached hydrogen (secondary N) is 1. The van der Waals surface area contributed by atoms with Gasteiger partial charge in [-0.05, 0) is 25.7 Å². The molecule has 0 aromatic carbocycles. The van der Waals surface area contributed by atoms with E-state index in [0.29, 0.717) is 5.92 Å². The van der Waals surface area contributed by atoms with Crippen molar-refractivity contribution in [2.75, 3.05) is 0 Å². The Balaban J connectivity index is 3.37. The van der Waals surface area contributed by atoms with Crippen LogP contribution in [0, 0.1) is 5.92 Å². The smallest absolute Gasteiger partial charge is 0.404 e. The molecular weight excluding hydrogens is 142 g/mol. The Kier molecular flexibility index (Phi) is 4.66. The van der Waals surface area contributed by atoms with Gasteiger partial charge in [-0.3, -0.25) is 0 Å². The van der Waals surface area contributed by atoms with Crippen molar-refractivity contribution in [2.24, 2.45) is 5.92 Å². The molecule has 1 atom stereocenters. The zero-order chi connectivity index (χ0) is 8.85. The Labute approximate surface area is 67.8 Å². The molecule has 0 aromatic rings. The van der Waals surface area contributed by atoms with E-state index in [9.17, 15) is 4.79 Å². The van der Waals surface area contributed by atoms with Gasteiger partial charge >= 0.3 is 6.09 Å². The van der Waals surface area contributed by atoms with Gasteiger partial charge in [-0.15, -0.1) is 0 Å². The number of rotatable bonds is 4. The number of hydrogen-bond acceptors (Lipinski definition) is 1. The minimum Gasteiger partial charge on any atom is -0.465 e. The number of amides is 1. The molecule has 2 N–H and O–H groups in total. The van der Waals surface area contributed by atoms with E-state index in [0.717, 1.165) is 12.8 Å². The van der Waals surface area contributed by atoms with Gasteiger partial charge in [0.15, 0.2) is 0 Å². The van der Waals surface area contributed by atoms with Gasteiger partial charge in [0.2, 0.25) is 0 Å². The van der Waals surface area contributed by atoms with Crippen LogP contribution in [0.1, 0.15) is 33.6 Å². The van der Waals surface area contributed by atoms with Crippen LogP contribution in [-0.2, 0) is 0 Å². The third-order valence-electron chi connectivity index (χ3n) is 1.55. The first kappa shape index (κ1) is 10.3. The van der Waals surface area contributed by atoms with E-state index < -0.39 is 6.09 Å². The molecule has 0 aliphatic carbocycles. The summed E-state index contributed by atoms with van der Waals surface area (Å²) in [7, 11) is 0. The second-order valence-corrected chi connectivity index (χ2v) is 3.32. The van der Waals surface area contributed by atoms with E-state index >= 15 is 0 Å². The summed E-state index contributed by atoms with van der Waals surface area (Å²) in [5, 5.41) is 10.8. The first-order valence-electron chi connectivity index (χ1n) is 4.01. The highest BCUT2D eigenvalue weighted by molar-refractivity contribution is 5.64. The van der Waals surface area contributed by atoms with Crippen LogP contribution in [-0.4, -0.2) is 17.2 Å². The largest absolute Gasteiger partial charge is 0.465 e. The fourth-order valence-corrected chi connectivity index (χ4v) is 0.866. The van der Waals surface area contributed by atoms with Crippen molar-refractivity contribution in [1.29, 1.82) is 0 Å². The topological polar surface area (TPSA) is 49.3 Å². The molecule has 0 aliphatic rings. The quantitative estimate of drug-likeness (QED) is 0.659. The van der Waals surface area contributed by atoms with E-state index in [1.807, 2.05) is 6.92 Å². The van der Waals surface area contributed by atoms with Gasteiger partial charge in [-0.25, -0.2) is 4.79 Å². The molecular formula is C8H17NO2. The number of carbonyl (C=O) groups is 1. The molecule has 0 bridgehead atoms. The molecule has 3 nitrogen and oxygen atoms in total. The Bertz CT molecular complexity index is 123. The molecule has 0 rings (SSSR count). The van der Waals surface area contributed by atoms with Crippen molar-refractivity contribution >= 4 is 6.09 Å². The average Bonchev–Trinajstić information content (AvgIpc) is 1.82. The lowest BCUT2D eigenvalue weighted by Gasteiger charge is -2.11. The molecule has 0 fully saturated rings. The maximum absolute atomic E-state index is 10.1. The van der Waals surface area contributed by atoms with Crippen molar-refractivity contribution in [3.8, 4) is 0 Å². The number of carboxylic acid groups (broad SMARTS) is 1. The van der Waals surface area contributed by atoms with Crippen molar-refractivity contribution in [3.63, 3.8) is 0 Å². The Morgan fingerprint density at radius 2 is 1.91 bits per heavy atom. The maximum atomic E-state index is 10.1. The lowest BCUT2D eigenvalue weighted by Crippen LogP contribution is -2.31. The maximum Gasteiger partial charge on any atom is 0.404 e. The van der Waals surface area contributed by atoms with Gasteiger partial charge in [0, 0.05) is 6.04 Å². The van der Waals surface area contributed by atoms with Gasteiger partial charge in [0.25, 0.3) is 0 Å². The lowest BCUT2D eigenvalue weighted by molar-refractivity contribution is 0.189. The summed E-state index contributed by atoms with van der Waals surface area (Å²) >= 11 is 0. The average molecular weight is 159 g/mol. The van der Waals surface area contributed by atoms with Crippen molar-refractivity contribution in [1.82, 2.24) is 5.32 Å². The monoisotopic (exact) mass is 159 g/mol. The van der Waals surface area contributed by atoms with Gasteiger partial charge < -0.3 is 10.4 Å². The summed E-state index contributed by atoms with van der Waals surface area (Å²) in [6.45, 7) is 6.15. The predicted molar refractivity (Wildman–Crippen MR) is 44.7 cm³/mol. The fraction of sp³-hybridized carbons (Fsp3) is 0.875. The summed E-state index contributed by atoms with van der Waals surface area (Å²) in [4.78, 5) is 10.1. The van der Waals surface area contributed by atoms with E-state index in [-0.39, 0.29) is 6.04 Å². The molecule has 0 saturated carbocycles. The molecule has 0 aliphatic heterocycles. The minimum atomic E-state index is -0.929. The zero-order valence-electron chi connectivity index (χ0n) is 7.42. The highest BCUT2D eigenvalue weighted by atomic mass is 16.4. The Morgan fingerprint density at radius 1 is 1.36 bits per heavy atom. The summed E-state index contributed by atoms with van der Waals surface area (Å²) < 4.78 is 0. The molecule has 11 heavy (non-hydrogen) atoms. The van der Waals surface area contributed by atoms with Gasteiger partial charge in [-0.2, -0.15) is 0 Å². The Hall–Kier alpha value is -0.730. The van der Waals surface area contributed by atoms with Crippen LogP contribution in [0.15, 0.2) is 0 Å². The van der Waals surface area contributed by atoms with Crippen molar-refractivity contribution < 1.29 is 9.90 Å². The van der Waals surface area contributed by atoms with Crippen molar-refractivity contribution in [3.05, 3.63) is 0 Å². The van der Waals surface area contributed by atoms with Crippen LogP contribution < -0.4 is 5.32 Å². The normalized spacial score (nSPS) is 13.1. The fourth-order valence-electron chi connectivity index (χ4n) is 0.866. The predicted octanol–water partition coefficient (Wildman–Crippen LogP) is 2.08. The molecule has 0 heterocycles. The van der Waals surface area contributed by atoms with E-state index in [1.165, 1.54) is 0 Å². The minimum absolute atomic E-state index is 0.0786. The molecule has 66 valence electrons. The van der Waals surface area contributed by atoms with Crippen LogP contribution in [0.5, 0.6) is 0 Å². The van der Waals surface area contributed by atoms with Crippen LogP contribution >= 0.6 is 0 Å². The molecule has 1 amide bonds. The van der Waals surface area contributed by atoms with Crippen LogP contribution in [0.2, 0.25) is 0 Å². The summed E-state index contributed by atoms with van der Waals surface area (Å²) in [5.74, 6) is 0.646. The van der Waals surface area contributed by atoms with Crippen molar-refractivity contribution in [2.45, 2.75) is 39.7 Å². The SMILES string of the molecule is CC(C)CCC(C)NC(=O)O. The first-order valence-corrected chi connectivity index (χ1v) is 4.01. The molecule has 0 aromatic heterocycles. The molecule has 1 unspecified atom stereocenters. The van der Waals surface area contributed by atoms with Gasteiger partial charge in [0.05, 0.1) is 0 Å². The van der Waals surface area contributed by atoms with E-state index in [2.05, 4.69) is 19.2 Å². The van der Waals surface area contributed by atoms with Gasteiger partial charge in [-0.1, -0.05) is 13.8 Å². The molecule has 0 radical (unpaired) electrons. The van der Waals surface area contributed by atoms with Gasteiger partial charge in [0.1, 0.15) is 0 Å². The van der Waals surface area contributed by atoms with Crippen LogP contribution in [0.25, 0.3) is 0 Å². The zero-order valence-corrected chi connectivity index (χ0v) is 7.42. The summed E-state index contributed by atoms with van der Waals surface area (Å²) in [5.41, 5.74) is 0. The highest BCUT2D eigenvalue weighted by Gasteiger charge is 2.05. The molecule has 3 heteroatoms. The third kappa shape index (κ3) is 7.16. The molecule has 0 spiro atoms. The standard InChI is InChI=1S/C8H17NO2/c1-6(2)4-5-7(3)9-8(10)11/h6-7,9H,4-5H2,1-3H3,(H,10,11). The second-order valence-electron chi connectivity index (χ2n) is 3.32. The lowest BCUT2D eigenvalue weighted by atomic mass is 10.0. The number of hydrogen-bond donors (Lipinski definition) is 2. The second kappa shape index (κ2) is 4.99.